The lowest BCUT2D eigenvalue weighted by Crippen LogP contribution is -2.57. The first-order valence-corrected chi connectivity index (χ1v) is 10.5. The number of hydrogen-bond donors (Lipinski definition) is 1. The summed E-state index contributed by atoms with van der Waals surface area (Å²) in [5, 5.41) is 3.17. The second-order valence-electron chi connectivity index (χ2n) is 6.49. The van der Waals surface area contributed by atoms with Gasteiger partial charge < -0.3 is 10.2 Å². The van der Waals surface area contributed by atoms with Crippen molar-refractivity contribution < 1.29 is 17.4 Å². The first-order valence-electron chi connectivity index (χ1n) is 8.96. The number of alkyl halides is 3. The van der Waals surface area contributed by atoms with Crippen LogP contribution in [0, 0.1) is 0 Å². The molecular formula is C18H27F3N4OS. The molecule has 0 saturated carbocycles. The summed E-state index contributed by atoms with van der Waals surface area (Å²) < 4.78 is 50.7. The van der Waals surface area contributed by atoms with Crippen molar-refractivity contribution in [1.29, 1.82) is 0 Å². The molecule has 27 heavy (non-hydrogen) atoms. The van der Waals surface area contributed by atoms with E-state index in [4.69, 9.17) is 0 Å². The van der Waals surface area contributed by atoms with Crippen LogP contribution in [0.25, 0.3) is 0 Å². The Kier molecular flexibility index (Phi) is 8.09. The van der Waals surface area contributed by atoms with Crippen LogP contribution in [0.15, 0.2) is 35.3 Å². The maximum atomic E-state index is 12.8. The summed E-state index contributed by atoms with van der Waals surface area (Å²) in [6.45, 7) is 3.33. The zero-order valence-electron chi connectivity index (χ0n) is 15.7. The molecule has 1 aromatic carbocycles. The lowest BCUT2D eigenvalue weighted by Gasteiger charge is -2.39. The quantitative estimate of drug-likeness (QED) is 0.583. The molecule has 1 fully saturated rings. The minimum absolute atomic E-state index is 0.335. The monoisotopic (exact) mass is 404 g/mol. The molecule has 1 saturated heterocycles. The van der Waals surface area contributed by atoms with Crippen LogP contribution in [0.5, 0.6) is 0 Å². The van der Waals surface area contributed by atoms with Crippen LogP contribution in [-0.2, 0) is 16.6 Å². The highest BCUT2D eigenvalue weighted by Crippen LogP contribution is 2.25. The van der Waals surface area contributed by atoms with Crippen LogP contribution >= 0.6 is 0 Å². The van der Waals surface area contributed by atoms with Crippen LogP contribution in [0.3, 0.4) is 0 Å². The largest absolute Gasteiger partial charge is 0.403 e. The van der Waals surface area contributed by atoms with E-state index < -0.39 is 23.0 Å². The van der Waals surface area contributed by atoms with E-state index in [1.165, 1.54) is 11.8 Å². The SMILES string of the molecule is CN=C(NCCS(=O)Cc1ccccc1)N1CCN(C(C)C(F)(F)F)CC1. The smallest absolute Gasteiger partial charge is 0.355 e. The average Bonchev–Trinajstić information content (AvgIpc) is 2.65. The van der Waals surface area contributed by atoms with Gasteiger partial charge in [0, 0.05) is 62.1 Å². The fraction of sp³-hybridized carbons (Fsp3) is 0.611. The maximum absolute atomic E-state index is 12.8. The molecule has 1 aliphatic rings. The Morgan fingerprint density at radius 1 is 1.22 bits per heavy atom. The predicted octanol–water partition coefficient (Wildman–Crippen LogP) is 2.08. The highest BCUT2D eigenvalue weighted by atomic mass is 32.2. The second-order valence-corrected chi connectivity index (χ2v) is 8.07. The van der Waals surface area contributed by atoms with Gasteiger partial charge in [-0.3, -0.25) is 14.1 Å². The first kappa shape index (κ1) is 21.7. The zero-order chi connectivity index (χ0) is 19.9. The van der Waals surface area contributed by atoms with Crippen molar-refractivity contribution >= 4 is 16.8 Å². The van der Waals surface area contributed by atoms with Crippen molar-refractivity contribution in [3.05, 3.63) is 35.9 Å². The Bertz CT molecular complexity index is 631. The van der Waals surface area contributed by atoms with E-state index in [0.717, 1.165) is 5.56 Å². The number of aliphatic imine (C=N–C) groups is 1. The van der Waals surface area contributed by atoms with Crippen LogP contribution in [0.1, 0.15) is 12.5 Å². The van der Waals surface area contributed by atoms with Gasteiger partial charge >= 0.3 is 6.18 Å². The van der Waals surface area contributed by atoms with Crippen LogP contribution in [0.2, 0.25) is 0 Å². The maximum Gasteiger partial charge on any atom is 0.403 e. The molecule has 0 aromatic heterocycles. The summed E-state index contributed by atoms with van der Waals surface area (Å²) in [6.07, 6.45) is -4.20. The van der Waals surface area contributed by atoms with Gasteiger partial charge in [0.25, 0.3) is 0 Å². The fourth-order valence-corrected chi connectivity index (χ4v) is 4.01. The topological polar surface area (TPSA) is 47.9 Å². The third-order valence-electron chi connectivity index (χ3n) is 4.63. The van der Waals surface area contributed by atoms with Gasteiger partial charge in [0.15, 0.2) is 5.96 Å². The molecule has 1 aromatic rings. The third-order valence-corrected chi connectivity index (χ3v) is 5.95. The molecule has 5 nitrogen and oxygen atoms in total. The van der Waals surface area contributed by atoms with E-state index in [1.54, 1.807) is 7.05 Å². The Labute approximate surface area is 161 Å². The number of piperazine rings is 1. The van der Waals surface area contributed by atoms with Gasteiger partial charge in [0.2, 0.25) is 0 Å². The summed E-state index contributed by atoms with van der Waals surface area (Å²) in [7, 11) is 0.661. The molecule has 0 bridgehead atoms. The van der Waals surface area contributed by atoms with E-state index in [1.807, 2.05) is 35.2 Å². The van der Waals surface area contributed by atoms with Gasteiger partial charge in [-0.25, -0.2) is 0 Å². The number of halogens is 3. The lowest BCUT2D eigenvalue weighted by molar-refractivity contribution is -0.181. The van der Waals surface area contributed by atoms with Gasteiger partial charge in [0.05, 0.1) is 0 Å². The van der Waals surface area contributed by atoms with E-state index in [9.17, 15) is 17.4 Å². The number of hydrogen-bond acceptors (Lipinski definition) is 3. The van der Waals surface area contributed by atoms with E-state index in [0.29, 0.717) is 50.2 Å². The molecule has 152 valence electrons. The van der Waals surface area contributed by atoms with E-state index in [2.05, 4.69) is 10.3 Å². The second kappa shape index (κ2) is 10.1. The highest BCUT2D eigenvalue weighted by molar-refractivity contribution is 7.84. The predicted molar refractivity (Wildman–Crippen MR) is 103 cm³/mol. The van der Waals surface area contributed by atoms with Crippen molar-refractivity contribution in [3.63, 3.8) is 0 Å². The molecule has 1 N–H and O–H groups in total. The van der Waals surface area contributed by atoms with Crippen LogP contribution in [0.4, 0.5) is 13.2 Å². The summed E-state index contributed by atoms with van der Waals surface area (Å²) in [6, 6.07) is 8.23. The van der Waals surface area contributed by atoms with Crippen LogP contribution in [-0.4, -0.2) is 77.7 Å². The minimum atomic E-state index is -4.20. The zero-order valence-corrected chi connectivity index (χ0v) is 16.5. The molecule has 1 heterocycles. The van der Waals surface area contributed by atoms with Crippen molar-refractivity contribution in [3.8, 4) is 0 Å². The summed E-state index contributed by atoms with van der Waals surface area (Å²) in [4.78, 5) is 7.59. The van der Waals surface area contributed by atoms with Gasteiger partial charge in [-0.1, -0.05) is 30.3 Å². The molecule has 0 radical (unpaired) electrons. The molecule has 0 aliphatic carbocycles. The number of benzene rings is 1. The molecule has 1 aliphatic heterocycles. The Morgan fingerprint density at radius 3 is 2.41 bits per heavy atom. The van der Waals surface area contributed by atoms with Crippen molar-refractivity contribution in [2.45, 2.75) is 24.9 Å². The highest BCUT2D eigenvalue weighted by Gasteiger charge is 2.41. The molecule has 2 rings (SSSR count). The van der Waals surface area contributed by atoms with Crippen molar-refractivity contribution in [2.24, 2.45) is 4.99 Å². The van der Waals surface area contributed by atoms with Gasteiger partial charge in [-0.15, -0.1) is 0 Å². The van der Waals surface area contributed by atoms with Crippen molar-refractivity contribution in [2.75, 3.05) is 45.5 Å². The van der Waals surface area contributed by atoms with Gasteiger partial charge in [-0.05, 0) is 12.5 Å². The Morgan fingerprint density at radius 2 is 1.85 bits per heavy atom. The molecule has 9 heteroatoms. The van der Waals surface area contributed by atoms with Gasteiger partial charge in [-0.2, -0.15) is 13.2 Å². The van der Waals surface area contributed by atoms with E-state index in [-0.39, 0.29) is 0 Å². The molecule has 0 spiro atoms. The number of guanidine groups is 1. The normalized spacial score (nSPS) is 19.0. The lowest BCUT2D eigenvalue weighted by atomic mass is 10.2. The first-order chi connectivity index (χ1) is 12.8. The average molecular weight is 405 g/mol. The minimum Gasteiger partial charge on any atom is -0.355 e. The standard InChI is InChI=1S/C18H27F3N4OS/c1-15(18(19,20)21)24-9-11-25(12-10-24)17(22-2)23-8-13-27(26)14-16-6-4-3-5-7-16/h3-7,15H,8-14H2,1-2H3,(H,22,23). The Balaban J connectivity index is 1.74. The number of nitrogens with zero attached hydrogens (tertiary/aromatic N) is 3. The van der Waals surface area contributed by atoms with E-state index >= 15 is 0 Å². The Hall–Kier alpha value is -1.61. The summed E-state index contributed by atoms with van der Waals surface area (Å²) in [5.74, 6) is 1.64. The summed E-state index contributed by atoms with van der Waals surface area (Å²) >= 11 is 0. The number of rotatable bonds is 6. The fourth-order valence-electron chi connectivity index (χ4n) is 2.97. The molecule has 0 amide bonds. The molecule has 2 unspecified atom stereocenters. The van der Waals surface area contributed by atoms with Crippen molar-refractivity contribution in [1.82, 2.24) is 15.1 Å². The summed E-state index contributed by atoms with van der Waals surface area (Å²) in [5.41, 5.74) is 1.04. The third kappa shape index (κ3) is 6.80. The number of nitrogens with one attached hydrogen (secondary N) is 1. The molecule has 2 atom stereocenters. The molecular weight excluding hydrogens is 377 g/mol. The van der Waals surface area contributed by atoms with Gasteiger partial charge in [0.1, 0.15) is 6.04 Å². The van der Waals surface area contributed by atoms with Crippen LogP contribution < -0.4 is 5.32 Å².